The van der Waals surface area contributed by atoms with E-state index in [0.29, 0.717) is 12.3 Å². The lowest BCUT2D eigenvalue weighted by Crippen LogP contribution is -2.73. The Morgan fingerprint density at radius 1 is 0.882 bits per heavy atom. The number of rotatable bonds is 2. The molecule has 5 aliphatic rings. The molecule has 5 fully saturated rings. The van der Waals surface area contributed by atoms with Crippen LogP contribution in [0.25, 0.3) is 0 Å². The van der Waals surface area contributed by atoms with Gasteiger partial charge in [-0.15, -0.1) is 0 Å². The van der Waals surface area contributed by atoms with Crippen molar-refractivity contribution in [3.05, 3.63) is 0 Å². The highest BCUT2D eigenvalue weighted by molar-refractivity contribution is 6.74. The molecule has 1 saturated heterocycles. The van der Waals surface area contributed by atoms with Crippen LogP contribution < -0.4 is 0 Å². The summed E-state index contributed by atoms with van der Waals surface area (Å²) >= 11 is 0. The van der Waals surface area contributed by atoms with Crippen molar-refractivity contribution in [2.24, 2.45) is 28.6 Å². The Hall–Kier alpha value is 0.0169. The fraction of sp³-hybridized carbons (Fsp3) is 1.00. The number of aliphatic hydroxyl groups is 2. The molecule has 1 heterocycles. The molecular weight excluding hydrogens is 444 g/mol. The molecule has 0 aromatic heterocycles. The second kappa shape index (κ2) is 7.54. The Balaban J connectivity index is 1.53. The van der Waals surface area contributed by atoms with Crippen LogP contribution in [0.15, 0.2) is 0 Å². The van der Waals surface area contributed by atoms with Crippen molar-refractivity contribution in [1.82, 2.24) is 0 Å². The lowest BCUT2D eigenvalue weighted by molar-refractivity contribution is -0.279. The van der Waals surface area contributed by atoms with Crippen molar-refractivity contribution < 1.29 is 24.1 Å². The molecule has 34 heavy (non-hydrogen) atoms. The molecule has 0 aromatic rings. The number of hydrogen-bond donors (Lipinski definition) is 2. The van der Waals surface area contributed by atoms with E-state index in [9.17, 15) is 10.2 Å². The van der Waals surface area contributed by atoms with Crippen LogP contribution in [-0.4, -0.2) is 54.3 Å². The first-order chi connectivity index (χ1) is 15.5. The van der Waals surface area contributed by atoms with E-state index in [1.165, 1.54) is 0 Å². The summed E-state index contributed by atoms with van der Waals surface area (Å²) in [7, 11) is -1.90. The van der Waals surface area contributed by atoms with Crippen LogP contribution in [0.2, 0.25) is 18.1 Å². The Labute approximate surface area is 208 Å². The Bertz CT molecular complexity index is 822. The summed E-state index contributed by atoms with van der Waals surface area (Å²) in [5.74, 6) is -0.139. The van der Waals surface area contributed by atoms with Crippen molar-refractivity contribution in [1.29, 1.82) is 0 Å². The zero-order chi connectivity index (χ0) is 25.1. The van der Waals surface area contributed by atoms with Crippen molar-refractivity contribution in [2.75, 3.05) is 0 Å². The summed E-state index contributed by atoms with van der Waals surface area (Å²) in [6, 6.07) is 0. The highest BCUT2D eigenvalue weighted by Crippen LogP contribution is 2.70. The normalized spacial score (nSPS) is 52.5. The molecular formula is C28H50O5Si. The smallest absolute Gasteiger partial charge is 0.192 e. The van der Waals surface area contributed by atoms with Crippen molar-refractivity contribution >= 4 is 8.32 Å². The van der Waals surface area contributed by atoms with Gasteiger partial charge in [0.2, 0.25) is 0 Å². The van der Waals surface area contributed by atoms with Crippen LogP contribution in [0.5, 0.6) is 0 Å². The minimum atomic E-state index is -1.90. The Morgan fingerprint density at radius 3 is 2.18 bits per heavy atom. The van der Waals surface area contributed by atoms with Gasteiger partial charge in [0.1, 0.15) is 0 Å². The summed E-state index contributed by atoms with van der Waals surface area (Å²) in [4.78, 5) is 0. The zero-order valence-electron chi connectivity index (χ0n) is 23.1. The summed E-state index contributed by atoms with van der Waals surface area (Å²) in [5, 5.41) is 23.5. The molecule has 0 radical (unpaired) electrons. The topological polar surface area (TPSA) is 68.2 Å². The number of aliphatic hydroxyl groups excluding tert-OH is 1. The van der Waals surface area contributed by atoms with Crippen LogP contribution >= 0.6 is 0 Å². The fourth-order valence-corrected chi connectivity index (χ4v) is 10.2. The monoisotopic (exact) mass is 494 g/mol. The minimum Gasteiger partial charge on any atom is -0.413 e. The second-order valence-corrected chi connectivity index (χ2v) is 19.8. The second-order valence-electron chi connectivity index (χ2n) is 15.0. The largest absolute Gasteiger partial charge is 0.413 e. The molecule has 0 bridgehead atoms. The molecule has 5 rings (SSSR count). The van der Waals surface area contributed by atoms with Crippen LogP contribution in [-0.2, 0) is 13.9 Å². The van der Waals surface area contributed by atoms with Gasteiger partial charge in [-0.2, -0.15) is 0 Å². The zero-order valence-corrected chi connectivity index (χ0v) is 24.1. The SMILES string of the molecule is CC1(C)OC2C(O1)C1CC(O)CC[C@]1(C)C1(O)CC[C@]3(C)C(O[Si](C)(C)C(C)(C)C)CCC3C21. The van der Waals surface area contributed by atoms with E-state index in [4.69, 9.17) is 13.9 Å². The van der Waals surface area contributed by atoms with Crippen molar-refractivity contribution in [2.45, 2.75) is 147 Å². The van der Waals surface area contributed by atoms with Gasteiger partial charge >= 0.3 is 0 Å². The van der Waals surface area contributed by atoms with Gasteiger partial charge in [0.15, 0.2) is 14.1 Å². The van der Waals surface area contributed by atoms with Gasteiger partial charge in [-0.25, -0.2) is 0 Å². The molecule has 5 nitrogen and oxygen atoms in total. The van der Waals surface area contributed by atoms with E-state index in [0.717, 1.165) is 38.5 Å². The quantitative estimate of drug-likeness (QED) is 0.487. The third-order valence-corrected chi connectivity index (χ3v) is 16.3. The van der Waals surface area contributed by atoms with E-state index in [1.54, 1.807) is 0 Å². The van der Waals surface area contributed by atoms with E-state index in [2.05, 4.69) is 47.7 Å². The van der Waals surface area contributed by atoms with E-state index in [-0.39, 0.29) is 52.1 Å². The number of fused-ring (bicyclic) bond motifs is 8. The van der Waals surface area contributed by atoms with Crippen LogP contribution in [0.1, 0.15) is 93.4 Å². The van der Waals surface area contributed by atoms with Crippen molar-refractivity contribution in [3.63, 3.8) is 0 Å². The Morgan fingerprint density at radius 2 is 1.53 bits per heavy atom. The third kappa shape index (κ3) is 3.41. The van der Waals surface area contributed by atoms with Gasteiger partial charge in [0.05, 0.1) is 30.0 Å². The van der Waals surface area contributed by atoms with Gasteiger partial charge < -0.3 is 24.1 Å². The van der Waals surface area contributed by atoms with E-state index in [1.807, 2.05) is 13.8 Å². The maximum Gasteiger partial charge on any atom is 0.192 e. The molecule has 0 amide bonds. The van der Waals surface area contributed by atoms with Crippen LogP contribution in [0.4, 0.5) is 0 Å². The van der Waals surface area contributed by atoms with Gasteiger partial charge in [-0.05, 0) is 94.2 Å². The van der Waals surface area contributed by atoms with Crippen molar-refractivity contribution in [3.8, 4) is 0 Å². The molecule has 10 atom stereocenters. The first-order valence-corrected chi connectivity index (χ1v) is 16.8. The summed E-state index contributed by atoms with van der Waals surface area (Å²) in [6.07, 6.45) is 6.00. The van der Waals surface area contributed by atoms with Gasteiger partial charge in [-0.1, -0.05) is 34.6 Å². The molecule has 8 unspecified atom stereocenters. The summed E-state index contributed by atoms with van der Waals surface area (Å²) in [5.41, 5.74) is -1.01. The molecule has 0 spiro atoms. The lowest BCUT2D eigenvalue weighted by Gasteiger charge is -2.67. The van der Waals surface area contributed by atoms with E-state index < -0.39 is 19.7 Å². The predicted molar refractivity (Wildman–Crippen MR) is 136 cm³/mol. The van der Waals surface area contributed by atoms with Gasteiger partial charge in [0, 0.05) is 11.3 Å². The highest BCUT2D eigenvalue weighted by Gasteiger charge is 2.74. The molecule has 1 aliphatic heterocycles. The van der Waals surface area contributed by atoms with Gasteiger partial charge in [0.25, 0.3) is 0 Å². The summed E-state index contributed by atoms with van der Waals surface area (Å²) < 4.78 is 20.4. The first-order valence-electron chi connectivity index (χ1n) is 13.9. The molecule has 0 aromatic carbocycles. The number of ether oxygens (including phenoxy) is 2. The fourth-order valence-electron chi connectivity index (χ4n) is 8.78. The average Bonchev–Trinajstić information content (AvgIpc) is 3.19. The average molecular weight is 495 g/mol. The molecule has 6 heteroatoms. The minimum absolute atomic E-state index is 0.0440. The summed E-state index contributed by atoms with van der Waals surface area (Å²) in [6.45, 7) is 20.5. The first kappa shape index (κ1) is 25.7. The highest BCUT2D eigenvalue weighted by atomic mass is 28.4. The standard InChI is InChI=1S/C28H50O5Si/c1-24(2,3)34(8,9)33-20-11-10-18-21-23-22(31-25(4,5)32-23)19-16-17(29)12-13-27(19,7)28(21,30)15-14-26(18,20)6/h17-23,29-30H,10-16H2,1-9H3/t17?,18?,19?,20?,21?,22?,23?,26-,27-,28?/m0/s1. The number of hydrogen-bond acceptors (Lipinski definition) is 5. The van der Waals surface area contributed by atoms with Crippen LogP contribution in [0.3, 0.4) is 0 Å². The van der Waals surface area contributed by atoms with Gasteiger partial charge in [-0.3, -0.25) is 0 Å². The lowest BCUT2D eigenvalue weighted by atomic mass is 9.41. The van der Waals surface area contributed by atoms with Crippen LogP contribution in [0, 0.1) is 28.6 Å². The Kier molecular flexibility index (Phi) is 5.69. The maximum absolute atomic E-state index is 12.7. The maximum atomic E-state index is 12.7. The molecule has 4 aliphatic carbocycles. The molecule has 4 saturated carbocycles. The third-order valence-electron chi connectivity index (χ3n) is 11.8. The van der Waals surface area contributed by atoms with E-state index >= 15 is 0 Å². The molecule has 2 N–H and O–H groups in total. The predicted octanol–water partition coefficient (Wildman–Crippen LogP) is 5.64. The molecule has 196 valence electrons.